The predicted octanol–water partition coefficient (Wildman–Crippen LogP) is 4.36. The highest BCUT2D eigenvalue weighted by atomic mass is 32.1. The van der Waals surface area contributed by atoms with E-state index in [-0.39, 0.29) is 0 Å². The Hall–Kier alpha value is -1.35. The van der Waals surface area contributed by atoms with E-state index in [0.717, 1.165) is 17.0 Å². The van der Waals surface area contributed by atoms with Gasteiger partial charge < -0.3 is 4.57 Å². The van der Waals surface area contributed by atoms with Crippen molar-refractivity contribution in [2.24, 2.45) is 10.9 Å². The molecule has 2 aromatic rings. The van der Waals surface area contributed by atoms with Crippen LogP contribution in [0.15, 0.2) is 28.6 Å². The molecule has 0 radical (unpaired) electrons. The van der Waals surface area contributed by atoms with Crippen LogP contribution >= 0.6 is 11.3 Å². The van der Waals surface area contributed by atoms with Crippen LogP contribution in [0.4, 0.5) is 5.69 Å². The topological polar surface area (TPSA) is 17.3 Å². The molecule has 0 amide bonds. The zero-order chi connectivity index (χ0) is 14.0. The molecule has 1 aromatic carbocycles. The molecule has 0 aliphatic heterocycles. The fourth-order valence-corrected chi connectivity index (χ4v) is 3.12. The third-order valence-electron chi connectivity index (χ3n) is 2.97. The Morgan fingerprint density at radius 1 is 1.11 bits per heavy atom. The number of aryl methyl sites for hydroxylation is 3. The number of benzene rings is 1. The van der Waals surface area contributed by atoms with Gasteiger partial charge in [0.25, 0.3) is 0 Å². The Morgan fingerprint density at radius 2 is 1.74 bits per heavy atom. The molecule has 19 heavy (non-hydrogen) atoms. The molecule has 0 saturated heterocycles. The smallest absolute Gasteiger partial charge is 0.190 e. The number of rotatable bonds is 3. The molecule has 1 heterocycles. The van der Waals surface area contributed by atoms with Crippen LogP contribution < -0.4 is 4.80 Å². The third-order valence-corrected chi connectivity index (χ3v) is 3.95. The minimum absolute atomic E-state index is 0.631. The number of hydrogen-bond acceptors (Lipinski definition) is 2. The minimum Gasteiger partial charge on any atom is -0.321 e. The molecule has 0 fully saturated rings. The summed E-state index contributed by atoms with van der Waals surface area (Å²) in [6, 6.07) is 6.46. The van der Waals surface area contributed by atoms with Crippen molar-refractivity contribution in [3.63, 3.8) is 0 Å². The maximum absolute atomic E-state index is 4.82. The molecule has 1 aromatic heterocycles. The second-order valence-electron chi connectivity index (χ2n) is 5.62. The fraction of sp³-hybridized carbons (Fsp3) is 0.438. The fourth-order valence-electron chi connectivity index (χ4n) is 2.22. The summed E-state index contributed by atoms with van der Waals surface area (Å²) in [6.07, 6.45) is 0. The summed E-state index contributed by atoms with van der Waals surface area (Å²) in [5.41, 5.74) is 4.88. The monoisotopic (exact) mass is 274 g/mol. The molecule has 102 valence electrons. The summed E-state index contributed by atoms with van der Waals surface area (Å²) in [5, 5.41) is 2.18. The van der Waals surface area contributed by atoms with Gasteiger partial charge in [-0.05, 0) is 49.9 Å². The van der Waals surface area contributed by atoms with Crippen LogP contribution in [0.5, 0.6) is 0 Å². The van der Waals surface area contributed by atoms with Crippen LogP contribution in [0.3, 0.4) is 0 Å². The van der Waals surface area contributed by atoms with Crippen molar-refractivity contribution in [1.82, 2.24) is 4.57 Å². The van der Waals surface area contributed by atoms with Crippen LogP contribution in [0.2, 0.25) is 0 Å². The summed E-state index contributed by atoms with van der Waals surface area (Å²) in [5.74, 6) is 0.631. The lowest BCUT2D eigenvalue weighted by Crippen LogP contribution is -2.19. The largest absolute Gasteiger partial charge is 0.321 e. The van der Waals surface area contributed by atoms with Crippen molar-refractivity contribution in [2.75, 3.05) is 0 Å². The highest BCUT2D eigenvalue weighted by Gasteiger charge is 2.04. The van der Waals surface area contributed by atoms with Crippen LogP contribution in [0.1, 0.15) is 30.7 Å². The van der Waals surface area contributed by atoms with Crippen molar-refractivity contribution in [2.45, 2.75) is 41.2 Å². The van der Waals surface area contributed by atoms with E-state index in [2.05, 4.69) is 62.8 Å². The van der Waals surface area contributed by atoms with Crippen LogP contribution in [-0.4, -0.2) is 4.57 Å². The first-order chi connectivity index (χ1) is 8.95. The molecule has 0 atom stereocenters. The predicted molar refractivity (Wildman–Crippen MR) is 83.0 cm³/mol. The van der Waals surface area contributed by atoms with Gasteiger partial charge in [0.1, 0.15) is 0 Å². The molecule has 0 aliphatic carbocycles. The number of hydrogen-bond donors (Lipinski definition) is 0. The summed E-state index contributed by atoms with van der Waals surface area (Å²) in [7, 11) is 0. The van der Waals surface area contributed by atoms with Gasteiger partial charge in [0.15, 0.2) is 4.80 Å². The molecule has 0 N–H and O–H groups in total. The van der Waals surface area contributed by atoms with Crippen LogP contribution in [0, 0.1) is 26.7 Å². The van der Waals surface area contributed by atoms with Crippen LogP contribution in [-0.2, 0) is 6.54 Å². The highest BCUT2D eigenvalue weighted by molar-refractivity contribution is 7.07. The van der Waals surface area contributed by atoms with Gasteiger partial charge in [-0.15, -0.1) is 11.3 Å². The van der Waals surface area contributed by atoms with E-state index in [9.17, 15) is 0 Å². The Labute approximate surface area is 119 Å². The van der Waals surface area contributed by atoms with Crippen LogP contribution in [0.25, 0.3) is 0 Å². The lowest BCUT2D eigenvalue weighted by Gasteiger charge is -2.08. The molecule has 3 heteroatoms. The van der Waals surface area contributed by atoms with Gasteiger partial charge in [0.05, 0.1) is 5.69 Å². The van der Waals surface area contributed by atoms with Crippen molar-refractivity contribution in [1.29, 1.82) is 0 Å². The van der Waals surface area contributed by atoms with Gasteiger partial charge in [0.2, 0.25) is 0 Å². The summed E-state index contributed by atoms with van der Waals surface area (Å²) < 4.78 is 2.31. The second kappa shape index (κ2) is 5.74. The van der Waals surface area contributed by atoms with E-state index in [4.69, 9.17) is 4.99 Å². The number of nitrogens with zero attached hydrogens (tertiary/aromatic N) is 2. The lowest BCUT2D eigenvalue weighted by atomic mass is 10.1. The van der Waals surface area contributed by atoms with E-state index in [1.54, 1.807) is 11.3 Å². The first-order valence-corrected chi connectivity index (χ1v) is 7.61. The molecular formula is C16H22N2S. The summed E-state index contributed by atoms with van der Waals surface area (Å²) in [6.45, 7) is 11.9. The number of aromatic nitrogens is 1. The van der Waals surface area contributed by atoms with E-state index < -0.39 is 0 Å². The van der Waals surface area contributed by atoms with Gasteiger partial charge in [-0.3, -0.25) is 0 Å². The maximum atomic E-state index is 4.82. The minimum atomic E-state index is 0.631. The first-order valence-electron chi connectivity index (χ1n) is 6.73. The maximum Gasteiger partial charge on any atom is 0.190 e. The van der Waals surface area contributed by atoms with E-state index in [1.165, 1.54) is 16.8 Å². The molecule has 0 spiro atoms. The highest BCUT2D eigenvalue weighted by Crippen LogP contribution is 2.17. The van der Waals surface area contributed by atoms with E-state index in [0.29, 0.717) is 5.92 Å². The van der Waals surface area contributed by atoms with Crippen molar-refractivity contribution in [3.05, 3.63) is 45.2 Å². The summed E-state index contributed by atoms with van der Waals surface area (Å²) in [4.78, 5) is 5.91. The molecule has 0 aliphatic rings. The zero-order valence-corrected chi connectivity index (χ0v) is 13.2. The van der Waals surface area contributed by atoms with Gasteiger partial charge in [-0.2, -0.15) is 0 Å². The van der Waals surface area contributed by atoms with E-state index >= 15 is 0 Å². The summed E-state index contributed by atoms with van der Waals surface area (Å²) >= 11 is 1.72. The standard InChI is InChI=1S/C16H22N2S/c1-11(2)9-18-14(5)10-19-16(18)17-15-7-12(3)6-13(4)8-15/h6-8,10-11H,9H2,1-5H3. The molecule has 2 nitrogen and oxygen atoms in total. The lowest BCUT2D eigenvalue weighted by molar-refractivity contribution is 0.506. The number of thiazole rings is 1. The van der Waals surface area contributed by atoms with Gasteiger partial charge >= 0.3 is 0 Å². The van der Waals surface area contributed by atoms with Crippen molar-refractivity contribution in [3.8, 4) is 0 Å². The molecular weight excluding hydrogens is 252 g/mol. The molecule has 2 rings (SSSR count). The Kier molecular flexibility index (Phi) is 4.25. The van der Waals surface area contributed by atoms with Gasteiger partial charge in [-0.25, -0.2) is 4.99 Å². The van der Waals surface area contributed by atoms with Gasteiger partial charge in [-0.1, -0.05) is 19.9 Å². The Balaban J connectivity index is 2.48. The average molecular weight is 274 g/mol. The zero-order valence-electron chi connectivity index (χ0n) is 12.4. The third kappa shape index (κ3) is 3.57. The Morgan fingerprint density at radius 3 is 2.32 bits per heavy atom. The Bertz CT molecular complexity index is 612. The molecule has 0 bridgehead atoms. The average Bonchev–Trinajstić information content (AvgIpc) is 2.59. The first kappa shape index (κ1) is 14.1. The molecule has 0 unspecified atom stereocenters. The van der Waals surface area contributed by atoms with E-state index in [1.807, 2.05) is 0 Å². The van der Waals surface area contributed by atoms with Crippen molar-refractivity contribution >= 4 is 17.0 Å². The normalized spacial score (nSPS) is 12.4. The van der Waals surface area contributed by atoms with Gasteiger partial charge in [0, 0.05) is 17.6 Å². The SMILES string of the molecule is Cc1cc(C)cc(N=c2scc(C)n2CC(C)C)c1. The second-order valence-corrected chi connectivity index (χ2v) is 6.46. The van der Waals surface area contributed by atoms with Crippen molar-refractivity contribution < 1.29 is 0 Å². The molecule has 0 saturated carbocycles. The quantitative estimate of drug-likeness (QED) is 0.791.